The van der Waals surface area contributed by atoms with Crippen LogP contribution < -0.4 is 10.9 Å². The normalized spacial score (nSPS) is 28.8. The van der Waals surface area contributed by atoms with E-state index in [1.807, 2.05) is 19.2 Å². The van der Waals surface area contributed by atoms with Crippen LogP contribution in [0.15, 0.2) is 35.3 Å². The molecule has 1 saturated carbocycles. The van der Waals surface area contributed by atoms with Crippen molar-refractivity contribution < 1.29 is 0 Å². The lowest BCUT2D eigenvalue weighted by atomic mass is 9.93. The van der Waals surface area contributed by atoms with E-state index in [9.17, 15) is 4.79 Å². The molecule has 96 valence electrons. The summed E-state index contributed by atoms with van der Waals surface area (Å²) in [4.78, 5) is 11.5. The summed E-state index contributed by atoms with van der Waals surface area (Å²) in [6.45, 7) is 3.74. The Balaban J connectivity index is 1.63. The lowest BCUT2D eigenvalue weighted by Crippen LogP contribution is -2.21. The molecule has 1 fully saturated rings. The number of hydrogen-bond acceptors (Lipinski definition) is 2. The molecule has 1 aromatic heterocycles. The van der Waals surface area contributed by atoms with Gasteiger partial charge in [0, 0.05) is 25.4 Å². The Labute approximate surface area is 108 Å². The van der Waals surface area contributed by atoms with Gasteiger partial charge >= 0.3 is 0 Å². The minimum atomic E-state index is 0.0749. The molecule has 0 spiro atoms. The maximum absolute atomic E-state index is 11.5. The first-order valence-corrected chi connectivity index (χ1v) is 6.89. The summed E-state index contributed by atoms with van der Waals surface area (Å²) in [5, 5.41) is 3.48. The molecule has 1 aromatic rings. The summed E-state index contributed by atoms with van der Waals surface area (Å²) < 4.78 is 1.74. The maximum atomic E-state index is 11.5. The molecular formula is C15H20N2O. The van der Waals surface area contributed by atoms with Crippen LogP contribution in [0.4, 0.5) is 5.69 Å². The van der Waals surface area contributed by atoms with Gasteiger partial charge in [-0.3, -0.25) is 4.79 Å². The molecule has 1 N–H and O–H groups in total. The van der Waals surface area contributed by atoms with Crippen molar-refractivity contribution in [2.75, 3.05) is 11.9 Å². The number of anilines is 1. The van der Waals surface area contributed by atoms with Gasteiger partial charge in [0.15, 0.2) is 0 Å². The first-order chi connectivity index (χ1) is 8.76. The quantitative estimate of drug-likeness (QED) is 0.826. The van der Waals surface area contributed by atoms with Crippen LogP contribution in [0.2, 0.25) is 0 Å². The Morgan fingerprint density at radius 3 is 2.89 bits per heavy atom. The minimum absolute atomic E-state index is 0.0749. The molecule has 3 unspecified atom stereocenters. The molecule has 3 rings (SSSR count). The number of allylic oxidation sites excluding steroid dienone is 2. The number of fused-ring (bicyclic) bond motifs is 2. The fourth-order valence-corrected chi connectivity index (χ4v) is 3.26. The molecule has 3 atom stereocenters. The third-order valence-electron chi connectivity index (χ3n) is 4.31. The molecule has 0 aliphatic heterocycles. The van der Waals surface area contributed by atoms with Crippen molar-refractivity contribution in [1.29, 1.82) is 0 Å². The summed E-state index contributed by atoms with van der Waals surface area (Å²) in [5.74, 6) is 2.37. The Kier molecular flexibility index (Phi) is 2.98. The van der Waals surface area contributed by atoms with E-state index >= 15 is 0 Å². The van der Waals surface area contributed by atoms with Gasteiger partial charge in [0.25, 0.3) is 5.56 Å². The topological polar surface area (TPSA) is 34.0 Å². The molecule has 0 saturated heterocycles. The van der Waals surface area contributed by atoms with E-state index in [0.717, 1.165) is 36.5 Å². The van der Waals surface area contributed by atoms with Crippen molar-refractivity contribution in [3.63, 3.8) is 0 Å². The highest BCUT2D eigenvalue weighted by atomic mass is 16.1. The second kappa shape index (κ2) is 4.63. The average molecular weight is 244 g/mol. The first kappa shape index (κ1) is 11.6. The lowest BCUT2D eigenvalue weighted by molar-refractivity contribution is 0.471. The maximum Gasteiger partial charge on any atom is 0.250 e. The Morgan fingerprint density at radius 2 is 2.22 bits per heavy atom. The summed E-state index contributed by atoms with van der Waals surface area (Å²) in [6, 6.07) is 3.53. The molecule has 1 heterocycles. The Hall–Kier alpha value is -1.51. The molecular weight excluding hydrogens is 224 g/mol. The molecule has 0 aromatic carbocycles. The zero-order chi connectivity index (χ0) is 12.5. The molecule has 2 aliphatic carbocycles. The van der Waals surface area contributed by atoms with Gasteiger partial charge in [-0.1, -0.05) is 12.2 Å². The number of nitrogens with zero attached hydrogens (tertiary/aromatic N) is 1. The summed E-state index contributed by atoms with van der Waals surface area (Å²) >= 11 is 0. The second-order valence-corrected chi connectivity index (χ2v) is 5.46. The minimum Gasteiger partial charge on any atom is -0.384 e. The van der Waals surface area contributed by atoms with Crippen LogP contribution >= 0.6 is 0 Å². The van der Waals surface area contributed by atoms with E-state index in [0.29, 0.717) is 0 Å². The smallest absolute Gasteiger partial charge is 0.250 e. The van der Waals surface area contributed by atoms with Crippen LogP contribution in [-0.2, 0) is 6.54 Å². The van der Waals surface area contributed by atoms with E-state index in [4.69, 9.17) is 0 Å². The first-order valence-electron chi connectivity index (χ1n) is 6.89. The van der Waals surface area contributed by atoms with Gasteiger partial charge in [-0.05, 0) is 43.6 Å². The molecule has 2 bridgehead atoms. The highest BCUT2D eigenvalue weighted by Gasteiger charge is 2.35. The number of nitrogens with one attached hydrogen (secondary N) is 1. The molecule has 3 heteroatoms. The number of aryl methyl sites for hydroxylation is 1. The predicted molar refractivity (Wildman–Crippen MR) is 73.7 cm³/mol. The van der Waals surface area contributed by atoms with Crippen molar-refractivity contribution in [2.45, 2.75) is 26.3 Å². The number of hydrogen-bond donors (Lipinski definition) is 1. The third-order valence-corrected chi connectivity index (χ3v) is 4.31. The SMILES string of the molecule is CCn1cc(NCC2CC3C=CC2C3)ccc1=O. The monoisotopic (exact) mass is 244 g/mol. The number of rotatable bonds is 4. The predicted octanol–water partition coefficient (Wildman–Crippen LogP) is 2.49. The van der Waals surface area contributed by atoms with Crippen LogP contribution in [-0.4, -0.2) is 11.1 Å². The number of pyridine rings is 1. The van der Waals surface area contributed by atoms with E-state index in [1.54, 1.807) is 10.6 Å². The van der Waals surface area contributed by atoms with Gasteiger partial charge in [0.05, 0.1) is 5.69 Å². The molecule has 18 heavy (non-hydrogen) atoms. The Bertz CT molecular complexity index is 517. The second-order valence-electron chi connectivity index (χ2n) is 5.46. The van der Waals surface area contributed by atoms with Crippen molar-refractivity contribution in [1.82, 2.24) is 4.57 Å². The molecule has 0 amide bonds. The zero-order valence-corrected chi connectivity index (χ0v) is 10.8. The lowest BCUT2D eigenvalue weighted by Gasteiger charge is -2.19. The zero-order valence-electron chi connectivity index (χ0n) is 10.8. The largest absolute Gasteiger partial charge is 0.384 e. The van der Waals surface area contributed by atoms with E-state index < -0.39 is 0 Å². The van der Waals surface area contributed by atoms with E-state index in [2.05, 4.69) is 17.5 Å². The molecule has 3 nitrogen and oxygen atoms in total. The van der Waals surface area contributed by atoms with Gasteiger partial charge < -0.3 is 9.88 Å². The fraction of sp³-hybridized carbons (Fsp3) is 0.533. The van der Waals surface area contributed by atoms with Gasteiger partial charge in [0.2, 0.25) is 0 Å². The van der Waals surface area contributed by atoms with Crippen molar-refractivity contribution >= 4 is 5.69 Å². The molecule has 2 aliphatic rings. The van der Waals surface area contributed by atoms with Crippen LogP contribution in [0, 0.1) is 17.8 Å². The fourth-order valence-electron chi connectivity index (χ4n) is 3.26. The van der Waals surface area contributed by atoms with Crippen molar-refractivity contribution in [3.8, 4) is 0 Å². The average Bonchev–Trinajstić information content (AvgIpc) is 3.00. The van der Waals surface area contributed by atoms with Gasteiger partial charge in [0.1, 0.15) is 0 Å². The molecule has 0 radical (unpaired) electrons. The standard InChI is InChI=1S/C15H20N2O/c1-2-17-10-14(5-6-15(17)18)16-9-13-8-11-3-4-12(13)7-11/h3-6,10-13,16H,2,7-9H2,1H3. The number of aromatic nitrogens is 1. The van der Waals surface area contributed by atoms with E-state index in [1.165, 1.54) is 12.8 Å². The van der Waals surface area contributed by atoms with Gasteiger partial charge in [-0.25, -0.2) is 0 Å². The van der Waals surface area contributed by atoms with Crippen molar-refractivity contribution in [3.05, 3.63) is 40.8 Å². The van der Waals surface area contributed by atoms with Crippen LogP contribution in [0.5, 0.6) is 0 Å². The highest BCUT2D eigenvalue weighted by molar-refractivity contribution is 5.40. The van der Waals surface area contributed by atoms with Gasteiger partial charge in [-0.2, -0.15) is 0 Å². The summed E-state index contributed by atoms with van der Waals surface area (Å²) in [5.41, 5.74) is 1.13. The van der Waals surface area contributed by atoms with Gasteiger partial charge in [-0.15, -0.1) is 0 Å². The van der Waals surface area contributed by atoms with Crippen molar-refractivity contribution in [2.24, 2.45) is 17.8 Å². The Morgan fingerprint density at radius 1 is 1.33 bits per heavy atom. The third kappa shape index (κ3) is 2.09. The summed E-state index contributed by atoms with van der Waals surface area (Å²) in [6.07, 6.45) is 9.35. The summed E-state index contributed by atoms with van der Waals surface area (Å²) in [7, 11) is 0. The van der Waals surface area contributed by atoms with Crippen LogP contribution in [0.1, 0.15) is 19.8 Å². The highest BCUT2D eigenvalue weighted by Crippen LogP contribution is 2.43. The van der Waals surface area contributed by atoms with E-state index in [-0.39, 0.29) is 5.56 Å². The van der Waals surface area contributed by atoms with Crippen LogP contribution in [0.25, 0.3) is 0 Å². The van der Waals surface area contributed by atoms with Crippen LogP contribution in [0.3, 0.4) is 0 Å².